The second-order valence-electron chi connectivity index (χ2n) is 4.41. The van der Waals surface area contributed by atoms with Gasteiger partial charge in [0, 0.05) is 28.8 Å². The van der Waals surface area contributed by atoms with E-state index in [-0.39, 0.29) is 5.91 Å². The molecule has 1 aromatic carbocycles. The van der Waals surface area contributed by atoms with Gasteiger partial charge in [0.1, 0.15) is 0 Å². The molecular weight excluding hydrogens is 280 g/mol. The Labute approximate surface area is 110 Å². The highest BCUT2D eigenvalue weighted by molar-refractivity contribution is 9.10. The van der Waals surface area contributed by atoms with Crippen LogP contribution in [0.3, 0.4) is 0 Å². The van der Waals surface area contributed by atoms with E-state index < -0.39 is 0 Å². The molecule has 1 aromatic rings. The van der Waals surface area contributed by atoms with Crippen LogP contribution in [0.2, 0.25) is 0 Å². The SMILES string of the molecule is CCNC(=O)c1cc(Br)cc(NCC2CC2)c1. The average molecular weight is 297 g/mol. The van der Waals surface area contributed by atoms with Gasteiger partial charge >= 0.3 is 0 Å². The van der Waals surface area contributed by atoms with Gasteiger partial charge in [-0.1, -0.05) is 15.9 Å². The van der Waals surface area contributed by atoms with Crippen molar-refractivity contribution in [3.05, 3.63) is 28.2 Å². The van der Waals surface area contributed by atoms with Gasteiger partial charge < -0.3 is 10.6 Å². The number of benzene rings is 1. The highest BCUT2D eigenvalue weighted by atomic mass is 79.9. The van der Waals surface area contributed by atoms with E-state index in [9.17, 15) is 4.79 Å². The van der Waals surface area contributed by atoms with Gasteiger partial charge in [-0.25, -0.2) is 0 Å². The highest BCUT2D eigenvalue weighted by Crippen LogP contribution is 2.29. The topological polar surface area (TPSA) is 41.1 Å². The Morgan fingerprint density at radius 2 is 2.18 bits per heavy atom. The van der Waals surface area contributed by atoms with Gasteiger partial charge in [0.15, 0.2) is 0 Å². The summed E-state index contributed by atoms with van der Waals surface area (Å²) >= 11 is 3.44. The van der Waals surface area contributed by atoms with E-state index in [4.69, 9.17) is 0 Å². The van der Waals surface area contributed by atoms with Gasteiger partial charge in [0.25, 0.3) is 5.91 Å². The van der Waals surface area contributed by atoms with Crippen LogP contribution in [-0.2, 0) is 0 Å². The molecule has 1 saturated carbocycles. The molecule has 0 radical (unpaired) electrons. The molecule has 0 spiro atoms. The largest absolute Gasteiger partial charge is 0.385 e. The summed E-state index contributed by atoms with van der Waals surface area (Å²) in [7, 11) is 0. The van der Waals surface area contributed by atoms with Crippen LogP contribution in [0.1, 0.15) is 30.1 Å². The van der Waals surface area contributed by atoms with Crippen LogP contribution in [0.15, 0.2) is 22.7 Å². The molecule has 0 bridgehead atoms. The van der Waals surface area contributed by atoms with Crippen molar-refractivity contribution in [2.75, 3.05) is 18.4 Å². The Balaban J connectivity index is 2.07. The minimum absolute atomic E-state index is 0.0247. The molecule has 92 valence electrons. The van der Waals surface area contributed by atoms with E-state index in [1.807, 2.05) is 25.1 Å². The molecule has 2 rings (SSSR count). The Kier molecular flexibility index (Phi) is 4.05. The summed E-state index contributed by atoms with van der Waals surface area (Å²) in [6.45, 7) is 3.57. The van der Waals surface area contributed by atoms with Crippen molar-refractivity contribution in [3.8, 4) is 0 Å². The van der Waals surface area contributed by atoms with Gasteiger partial charge in [-0.05, 0) is 43.9 Å². The van der Waals surface area contributed by atoms with Crippen molar-refractivity contribution in [1.82, 2.24) is 5.32 Å². The first kappa shape index (κ1) is 12.4. The standard InChI is InChI=1S/C13H17BrN2O/c1-2-15-13(17)10-5-11(14)7-12(6-10)16-8-9-3-4-9/h5-7,9,16H,2-4,8H2,1H3,(H,15,17). The Morgan fingerprint density at radius 3 is 2.82 bits per heavy atom. The van der Waals surface area contributed by atoms with Crippen molar-refractivity contribution in [2.45, 2.75) is 19.8 Å². The fourth-order valence-corrected chi connectivity index (χ4v) is 2.16. The number of nitrogens with one attached hydrogen (secondary N) is 2. The number of carbonyl (C=O) groups excluding carboxylic acids is 1. The first-order valence-corrected chi connectivity index (χ1v) is 6.81. The Morgan fingerprint density at radius 1 is 1.41 bits per heavy atom. The highest BCUT2D eigenvalue weighted by Gasteiger charge is 2.20. The predicted octanol–water partition coefficient (Wildman–Crippen LogP) is 3.02. The molecule has 1 aliphatic rings. The molecule has 0 aliphatic heterocycles. The molecule has 1 fully saturated rings. The Hall–Kier alpha value is -1.03. The zero-order chi connectivity index (χ0) is 12.3. The lowest BCUT2D eigenvalue weighted by Gasteiger charge is -2.09. The minimum atomic E-state index is -0.0247. The maximum absolute atomic E-state index is 11.7. The van der Waals surface area contributed by atoms with Crippen LogP contribution in [0.25, 0.3) is 0 Å². The zero-order valence-corrected chi connectivity index (χ0v) is 11.5. The zero-order valence-electron chi connectivity index (χ0n) is 9.92. The van der Waals surface area contributed by atoms with E-state index in [2.05, 4.69) is 26.6 Å². The molecule has 0 unspecified atom stereocenters. The first-order chi connectivity index (χ1) is 8.19. The lowest BCUT2D eigenvalue weighted by atomic mass is 10.2. The third-order valence-corrected chi connectivity index (χ3v) is 3.25. The molecule has 4 heteroatoms. The summed E-state index contributed by atoms with van der Waals surface area (Å²) in [5, 5.41) is 6.18. The van der Waals surface area contributed by atoms with E-state index in [0.717, 1.165) is 22.6 Å². The molecule has 17 heavy (non-hydrogen) atoms. The monoisotopic (exact) mass is 296 g/mol. The molecule has 0 aromatic heterocycles. The fourth-order valence-electron chi connectivity index (χ4n) is 1.67. The summed E-state index contributed by atoms with van der Waals surface area (Å²) in [5.41, 5.74) is 1.70. The second-order valence-corrected chi connectivity index (χ2v) is 5.33. The normalized spacial score (nSPS) is 14.5. The summed E-state index contributed by atoms with van der Waals surface area (Å²) < 4.78 is 0.930. The number of anilines is 1. The number of hydrogen-bond acceptors (Lipinski definition) is 2. The number of rotatable bonds is 5. The van der Waals surface area contributed by atoms with Crippen molar-refractivity contribution < 1.29 is 4.79 Å². The van der Waals surface area contributed by atoms with E-state index in [1.54, 1.807) is 0 Å². The maximum atomic E-state index is 11.7. The van der Waals surface area contributed by atoms with Crippen LogP contribution in [0.4, 0.5) is 5.69 Å². The van der Waals surface area contributed by atoms with Crippen LogP contribution in [-0.4, -0.2) is 19.0 Å². The van der Waals surface area contributed by atoms with E-state index in [0.29, 0.717) is 12.1 Å². The van der Waals surface area contributed by atoms with Crippen molar-refractivity contribution in [2.24, 2.45) is 5.92 Å². The van der Waals surface area contributed by atoms with Crippen molar-refractivity contribution in [1.29, 1.82) is 0 Å². The lowest BCUT2D eigenvalue weighted by Crippen LogP contribution is -2.22. The number of halogens is 1. The molecule has 0 heterocycles. The third kappa shape index (κ3) is 3.73. The molecule has 0 saturated heterocycles. The summed E-state index contributed by atoms with van der Waals surface area (Å²) in [6.07, 6.45) is 2.65. The quantitative estimate of drug-likeness (QED) is 0.877. The second kappa shape index (κ2) is 5.54. The molecule has 0 atom stereocenters. The van der Waals surface area contributed by atoms with Crippen LogP contribution in [0, 0.1) is 5.92 Å². The van der Waals surface area contributed by atoms with Crippen LogP contribution < -0.4 is 10.6 Å². The molecular formula is C13H17BrN2O. The fraction of sp³-hybridized carbons (Fsp3) is 0.462. The molecule has 3 nitrogen and oxygen atoms in total. The van der Waals surface area contributed by atoms with Gasteiger partial charge in [0.2, 0.25) is 0 Å². The molecule has 1 aliphatic carbocycles. The third-order valence-electron chi connectivity index (χ3n) is 2.79. The van der Waals surface area contributed by atoms with Crippen molar-refractivity contribution in [3.63, 3.8) is 0 Å². The van der Waals surface area contributed by atoms with Crippen molar-refractivity contribution >= 4 is 27.5 Å². The predicted molar refractivity (Wildman–Crippen MR) is 73.4 cm³/mol. The number of carbonyl (C=O) groups is 1. The van der Waals surface area contributed by atoms with E-state index >= 15 is 0 Å². The van der Waals surface area contributed by atoms with E-state index in [1.165, 1.54) is 12.8 Å². The maximum Gasteiger partial charge on any atom is 0.251 e. The van der Waals surface area contributed by atoms with Gasteiger partial charge in [-0.15, -0.1) is 0 Å². The first-order valence-electron chi connectivity index (χ1n) is 6.01. The average Bonchev–Trinajstić information content (AvgIpc) is 3.10. The van der Waals surface area contributed by atoms with Crippen LogP contribution in [0.5, 0.6) is 0 Å². The van der Waals surface area contributed by atoms with Crippen LogP contribution >= 0.6 is 15.9 Å². The number of hydrogen-bond donors (Lipinski definition) is 2. The molecule has 1 amide bonds. The summed E-state index contributed by atoms with van der Waals surface area (Å²) in [4.78, 5) is 11.7. The lowest BCUT2D eigenvalue weighted by molar-refractivity contribution is 0.0956. The number of amides is 1. The van der Waals surface area contributed by atoms with Gasteiger partial charge in [-0.2, -0.15) is 0 Å². The van der Waals surface area contributed by atoms with Gasteiger partial charge in [0.05, 0.1) is 0 Å². The smallest absolute Gasteiger partial charge is 0.251 e. The van der Waals surface area contributed by atoms with Gasteiger partial charge in [-0.3, -0.25) is 4.79 Å². The Bertz CT molecular complexity index is 416. The molecule has 2 N–H and O–H groups in total. The summed E-state index contributed by atoms with van der Waals surface area (Å²) in [6, 6.07) is 5.75. The minimum Gasteiger partial charge on any atom is -0.385 e. The summed E-state index contributed by atoms with van der Waals surface area (Å²) in [5.74, 6) is 0.796.